The number of ether oxygens (including phenoxy) is 2. The summed E-state index contributed by atoms with van der Waals surface area (Å²) in [6, 6.07) is 0. The van der Waals surface area contributed by atoms with Gasteiger partial charge in [-0.05, 0) is 36.7 Å². The Bertz CT molecular complexity index is 542. The van der Waals surface area contributed by atoms with Crippen LogP contribution in [-0.4, -0.2) is 24.1 Å². The summed E-state index contributed by atoms with van der Waals surface area (Å²) in [5, 5.41) is 0. The molecule has 0 bridgehead atoms. The van der Waals surface area contributed by atoms with Gasteiger partial charge in [0.05, 0.1) is 5.57 Å². The lowest BCUT2D eigenvalue weighted by molar-refractivity contribution is -0.151. The molecule has 3 atom stereocenters. The highest BCUT2D eigenvalue weighted by atomic mass is 16.6. The van der Waals surface area contributed by atoms with E-state index in [4.69, 9.17) is 9.47 Å². The van der Waals surface area contributed by atoms with Gasteiger partial charge >= 0.3 is 11.9 Å². The Morgan fingerprint density at radius 2 is 2.04 bits per heavy atom. The summed E-state index contributed by atoms with van der Waals surface area (Å²) in [5.41, 5.74) is 0.580. The topological polar surface area (TPSA) is 52.6 Å². The molecule has 0 aromatic carbocycles. The summed E-state index contributed by atoms with van der Waals surface area (Å²) in [6.07, 6.45) is 9.14. The van der Waals surface area contributed by atoms with Crippen LogP contribution in [0.25, 0.3) is 0 Å². The fourth-order valence-corrected chi connectivity index (χ4v) is 3.68. The average molecular weight is 318 g/mol. The van der Waals surface area contributed by atoms with Crippen LogP contribution in [-0.2, 0) is 19.1 Å². The van der Waals surface area contributed by atoms with Crippen molar-refractivity contribution in [2.75, 3.05) is 0 Å². The van der Waals surface area contributed by atoms with E-state index in [2.05, 4.69) is 27.4 Å². The maximum Gasteiger partial charge on any atom is 0.338 e. The van der Waals surface area contributed by atoms with Crippen molar-refractivity contribution in [3.8, 4) is 0 Å². The first-order chi connectivity index (χ1) is 10.8. The monoisotopic (exact) mass is 318 g/mol. The minimum atomic E-state index is -0.591. The first-order valence-electron chi connectivity index (χ1n) is 8.21. The molecule has 2 rings (SSSR count). The summed E-state index contributed by atoms with van der Waals surface area (Å²) in [6.45, 7) is 10.00. The standard InChI is InChI=1S/C19H26O4/c1-5-17(20)23-16-9-7-6-8-15(16)18(21)22-14-10-13(2)11-19(3,4)12-14/h5-8,13-14,16H,1,9-12H2,2-4H3. The Morgan fingerprint density at radius 1 is 1.30 bits per heavy atom. The molecule has 0 radical (unpaired) electrons. The summed E-state index contributed by atoms with van der Waals surface area (Å²) < 4.78 is 11.0. The zero-order valence-electron chi connectivity index (χ0n) is 14.2. The van der Waals surface area contributed by atoms with E-state index in [-0.39, 0.29) is 17.5 Å². The Balaban J connectivity index is 2.03. The summed E-state index contributed by atoms with van der Waals surface area (Å²) in [5.74, 6) is -0.381. The van der Waals surface area contributed by atoms with Crippen molar-refractivity contribution in [2.45, 2.75) is 58.7 Å². The molecule has 0 amide bonds. The molecule has 0 spiro atoms. The molecule has 0 heterocycles. The highest BCUT2D eigenvalue weighted by Crippen LogP contribution is 2.40. The summed E-state index contributed by atoms with van der Waals surface area (Å²) in [4.78, 5) is 23.9. The highest BCUT2D eigenvalue weighted by Gasteiger charge is 2.35. The van der Waals surface area contributed by atoms with Gasteiger partial charge in [-0.2, -0.15) is 0 Å². The number of esters is 2. The van der Waals surface area contributed by atoms with Crippen LogP contribution >= 0.6 is 0 Å². The maximum atomic E-state index is 12.5. The van der Waals surface area contributed by atoms with Gasteiger partial charge in [0.15, 0.2) is 0 Å². The van der Waals surface area contributed by atoms with E-state index >= 15 is 0 Å². The molecule has 3 unspecified atom stereocenters. The number of rotatable bonds is 4. The minimum absolute atomic E-state index is 0.0798. The Hall–Kier alpha value is -1.84. The normalized spacial score (nSPS) is 29.3. The van der Waals surface area contributed by atoms with Gasteiger partial charge in [-0.25, -0.2) is 9.59 Å². The number of hydrogen-bond acceptors (Lipinski definition) is 4. The van der Waals surface area contributed by atoms with E-state index in [1.165, 1.54) is 0 Å². The lowest BCUT2D eigenvalue weighted by Gasteiger charge is -2.38. The van der Waals surface area contributed by atoms with Crippen LogP contribution in [0, 0.1) is 11.3 Å². The van der Waals surface area contributed by atoms with Gasteiger partial charge < -0.3 is 9.47 Å². The van der Waals surface area contributed by atoms with Gasteiger partial charge in [0.1, 0.15) is 12.2 Å². The van der Waals surface area contributed by atoms with E-state index in [0.29, 0.717) is 17.9 Å². The third-order valence-corrected chi connectivity index (χ3v) is 4.39. The van der Waals surface area contributed by atoms with E-state index in [0.717, 1.165) is 25.3 Å². The van der Waals surface area contributed by atoms with Gasteiger partial charge in [0.2, 0.25) is 0 Å². The van der Waals surface area contributed by atoms with Crippen LogP contribution in [0.5, 0.6) is 0 Å². The average Bonchev–Trinajstić information content (AvgIpc) is 2.45. The van der Waals surface area contributed by atoms with Crippen LogP contribution in [0.4, 0.5) is 0 Å². The number of carbonyl (C=O) groups excluding carboxylic acids is 2. The molecule has 0 aromatic heterocycles. The first kappa shape index (κ1) is 17.5. The van der Waals surface area contributed by atoms with Gasteiger partial charge in [0.25, 0.3) is 0 Å². The molecular weight excluding hydrogens is 292 g/mol. The molecular formula is C19H26O4. The van der Waals surface area contributed by atoms with E-state index in [1.807, 2.05) is 6.08 Å². The van der Waals surface area contributed by atoms with E-state index < -0.39 is 12.1 Å². The van der Waals surface area contributed by atoms with Crippen LogP contribution in [0.3, 0.4) is 0 Å². The van der Waals surface area contributed by atoms with Crippen molar-refractivity contribution >= 4 is 11.9 Å². The van der Waals surface area contributed by atoms with Crippen molar-refractivity contribution in [1.29, 1.82) is 0 Å². The van der Waals surface area contributed by atoms with Crippen LogP contribution in [0.1, 0.15) is 46.5 Å². The molecule has 4 nitrogen and oxygen atoms in total. The zero-order valence-corrected chi connectivity index (χ0v) is 14.2. The largest absolute Gasteiger partial charge is 0.459 e. The third-order valence-electron chi connectivity index (χ3n) is 4.39. The molecule has 126 valence electrons. The lowest BCUT2D eigenvalue weighted by Crippen LogP contribution is -2.35. The molecule has 0 N–H and O–H groups in total. The fourth-order valence-electron chi connectivity index (χ4n) is 3.68. The summed E-state index contributed by atoms with van der Waals surface area (Å²) >= 11 is 0. The smallest absolute Gasteiger partial charge is 0.338 e. The highest BCUT2D eigenvalue weighted by molar-refractivity contribution is 5.91. The van der Waals surface area contributed by atoms with Gasteiger partial charge in [-0.3, -0.25) is 0 Å². The Morgan fingerprint density at radius 3 is 2.70 bits per heavy atom. The predicted octanol–water partition coefficient (Wildman–Crippen LogP) is 3.73. The molecule has 2 aliphatic rings. The number of carbonyl (C=O) groups is 2. The quantitative estimate of drug-likeness (QED) is 0.585. The molecule has 1 saturated carbocycles. The summed E-state index contributed by atoms with van der Waals surface area (Å²) in [7, 11) is 0. The predicted molar refractivity (Wildman–Crippen MR) is 88.6 cm³/mol. The van der Waals surface area contributed by atoms with Crippen molar-refractivity contribution < 1.29 is 19.1 Å². The zero-order chi connectivity index (χ0) is 17.0. The van der Waals surface area contributed by atoms with Gasteiger partial charge in [-0.15, -0.1) is 0 Å². The van der Waals surface area contributed by atoms with Crippen molar-refractivity contribution in [3.05, 3.63) is 36.5 Å². The second kappa shape index (κ2) is 7.16. The van der Waals surface area contributed by atoms with Crippen LogP contribution < -0.4 is 0 Å². The Labute approximate surface area is 138 Å². The number of allylic oxidation sites excluding steroid dienone is 2. The van der Waals surface area contributed by atoms with Gasteiger partial charge in [0, 0.05) is 12.5 Å². The maximum absolute atomic E-state index is 12.5. The lowest BCUT2D eigenvalue weighted by atomic mass is 9.71. The van der Waals surface area contributed by atoms with E-state index in [9.17, 15) is 9.59 Å². The van der Waals surface area contributed by atoms with Crippen molar-refractivity contribution in [3.63, 3.8) is 0 Å². The molecule has 2 aliphatic carbocycles. The van der Waals surface area contributed by atoms with Crippen molar-refractivity contribution in [2.24, 2.45) is 11.3 Å². The van der Waals surface area contributed by atoms with Crippen LogP contribution in [0.2, 0.25) is 0 Å². The second-order valence-corrected chi connectivity index (χ2v) is 7.36. The number of hydrogen-bond donors (Lipinski definition) is 0. The first-order valence-corrected chi connectivity index (χ1v) is 8.21. The minimum Gasteiger partial charge on any atom is -0.459 e. The molecule has 0 aliphatic heterocycles. The molecule has 4 heteroatoms. The molecule has 0 saturated heterocycles. The Kier molecular flexibility index (Phi) is 5.45. The molecule has 1 fully saturated rings. The van der Waals surface area contributed by atoms with Crippen molar-refractivity contribution in [1.82, 2.24) is 0 Å². The van der Waals surface area contributed by atoms with E-state index in [1.54, 1.807) is 12.2 Å². The van der Waals surface area contributed by atoms with Crippen LogP contribution in [0.15, 0.2) is 36.5 Å². The van der Waals surface area contributed by atoms with Gasteiger partial charge in [-0.1, -0.05) is 39.5 Å². The SMILES string of the molecule is C=CC(=O)OC1CC=CC=C1C(=O)OC1CC(C)CC(C)(C)C1. The third kappa shape index (κ3) is 4.81. The second-order valence-electron chi connectivity index (χ2n) is 7.36. The molecule has 0 aromatic rings. The fraction of sp³-hybridized carbons (Fsp3) is 0.579. The molecule has 23 heavy (non-hydrogen) atoms.